The van der Waals surface area contributed by atoms with Gasteiger partial charge in [-0.15, -0.1) is 11.3 Å². The van der Waals surface area contributed by atoms with Gasteiger partial charge < -0.3 is 4.74 Å². The molecular formula is C10H12OS. The van der Waals surface area contributed by atoms with Crippen molar-refractivity contribution in [2.24, 2.45) is 0 Å². The number of allylic oxidation sites excluding steroid dienone is 1. The van der Waals surface area contributed by atoms with E-state index < -0.39 is 0 Å². The van der Waals surface area contributed by atoms with Gasteiger partial charge in [-0.1, -0.05) is 0 Å². The summed E-state index contributed by atoms with van der Waals surface area (Å²) in [6, 6.07) is 2.20. The summed E-state index contributed by atoms with van der Waals surface area (Å²) in [6.45, 7) is 0. The van der Waals surface area contributed by atoms with Gasteiger partial charge in [0.15, 0.2) is 0 Å². The smallest absolute Gasteiger partial charge is 0.0862 e. The molecule has 64 valence electrons. The predicted octanol–water partition coefficient (Wildman–Crippen LogP) is 3.07. The molecule has 0 fully saturated rings. The largest absolute Gasteiger partial charge is 0.504 e. The molecule has 0 amide bonds. The molecule has 1 aliphatic rings. The zero-order valence-corrected chi connectivity index (χ0v) is 7.99. The highest BCUT2D eigenvalue weighted by Crippen LogP contribution is 2.33. The molecule has 1 aromatic heterocycles. The fraction of sp³-hybridized carbons (Fsp3) is 0.400. The number of methoxy groups -OCH3 is 1. The molecule has 0 spiro atoms. The van der Waals surface area contributed by atoms with Crippen molar-refractivity contribution >= 4 is 16.9 Å². The van der Waals surface area contributed by atoms with Crippen molar-refractivity contribution < 1.29 is 4.74 Å². The number of aryl methyl sites for hydroxylation is 1. The number of thiophene rings is 1. The molecule has 0 radical (unpaired) electrons. The first-order valence-electron chi connectivity index (χ1n) is 4.20. The van der Waals surface area contributed by atoms with Crippen LogP contribution < -0.4 is 0 Å². The Bertz CT molecular complexity index is 299. The molecule has 2 rings (SSSR count). The van der Waals surface area contributed by atoms with Gasteiger partial charge >= 0.3 is 0 Å². The number of hydrogen-bond acceptors (Lipinski definition) is 2. The lowest BCUT2D eigenvalue weighted by Crippen LogP contribution is -1.97. The van der Waals surface area contributed by atoms with Crippen LogP contribution >= 0.6 is 11.3 Å². The van der Waals surface area contributed by atoms with E-state index in [0.717, 1.165) is 6.42 Å². The second-order valence-corrected chi connectivity index (χ2v) is 3.99. The number of rotatable bonds is 1. The summed E-state index contributed by atoms with van der Waals surface area (Å²) < 4.78 is 5.05. The van der Waals surface area contributed by atoms with Crippen LogP contribution in [0.2, 0.25) is 0 Å². The minimum Gasteiger partial charge on any atom is -0.504 e. The minimum atomic E-state index is 1.16. The van der Waals surface area contributed by atoms with E-state index in [1.807, 2.05) is 17.6 Å². The molecule has 0 saturated heterocycles. The van der Waals surface area contributed by atoms with E-state index in [-0.39, 0.29) is 0 Å². The van der Waals surface area contributed by atoms with E-state index in [0.29, 0.717) is 0 Å². The Labute approximate surface area is 76.7 Å². The van der Waals surface area contributed by atoms with Crippen LogP contribution in [0.4, 0.5) is 0 Å². The molecule has 0 aromatic carbocycles. The van der Waals surface area contributed by atoms with Gasteiger partial charge in [0.2, 0.25) is 0 Å². The van der Waals surface area contributed by atoms with Gasteiger partial charge in [-0.05, 0) is 41.8 Å². The second kappa shape index (κ2) is 3.31. The van der Waals surface area contributed by atoms with Crippen molar-refractivity contribution in [2.75, 3.05) is 7.11 Å². The molecule has 2 heteroatoms. The molecule has 1 aromatic rings. The maximum absolute atomic E-state index is 5.05. The van der Waals surface area contributed by atoms with Gasteiger partial charge in [-0.2, -0.15) is 0 Å². The van der Waals surface area contributed by atoms with E-state index in [2.05, 4.69) is 11.4 Å². The maximum atomic E-state index is 5.05. The van der Waals surface area contributed by atoms with Crippen LogP contribution in [-0.4, -0.2) is 7.11 Å². The summed E-state index contributed by atoms with van der Waals surface area (Å²) in [5.41, 5.74) is 2.77. The van der Waals surface area contributed by atoms with Crippen molar-refractivity contribution in [3.63, 3.8) is 0 Å². The highest BCUT2D eigenvalue weighted by Gasteiger charge is 2.14. The molecule has 12 heavy (non-hydrogen) atoms. The van der Waals surface area contributed by atoms with Gasteiger partial charge in [-0.3, -0.25) is 0 Å². The molecule has 0 aliphatic heterocycles. The summed E-state index contributed by atoms with van der Waals surface area (Å²) in [7, 11) is 1.72. The van der Waals surface area contributed by atoms with Crippen LogP contribution in [-0.2, 0) is 11.2 Å². The molecule has 0 atom stereocenters. The van der Waals surface area contributed by atoms with E-state index in [1.165, 1.54) is 28.9 Å². The van der Waals surface area contributed by atoms with Gasteiger partial charge in [0.05, 0.1) is 13.4 Å². The fourth-order valence-corrected chi connectivity index (χ4v) is 2.62. The average Bonchev–Trinajstić information content (AvgIpc) is 2.53. The topological polar surface area (TPSA) is 9.23 Å². The average molecular weight is 180 g/mol. The van der Waals surface area contributed by atoms with E-state index >= 15 is 0 Å². The summed E-state index contributed by atoms with van der Waals surface area (Å²) >= 11 is 1.86. The van der Waals surface area contributed by atoms with Crippen molar-refractivity contribution in [3.8, 4) is 0 Å². The monoisotopic (exact) mass is 180 g/mol. The third-order valence-electron chi connectivity index (χ3n) is 2.20. The number of hydrogen-bond donors (Lipinski definition) is 0. The summed E-state index contributed by atoms with van der Waals surface area (Å²) in [5.74, 6) is 0. The highest BCUT2D eigenvalue weighted by molar-refractivity contribution is 7.10. The fourth-order valence-electron chi connectivity index (χ4n) is 1.66. The first-order chi connectivity index (χ1) is 5.92. The van der Waals surface area contributed by atoms with Crippen LogP contribution in [0.5, 0.6) is 0 Å². The molecule has 1 heterocycles. The molecule has 1 nitrogen and oxygen atoms in total. The molecule has 0 bridgehead atoms. The first-order valence-corrected chi connectivity index (χ1v) is 5.08. The zero-order valence-electron chi connectivity index (χ0n) is 7.17. The Hall–Kier alpha value is -0.760. The molecular weight excluding hydrogens is 168 g/mol. The van der Waals surface area contributed by atoms with Crippen molar-refractivity contribution in [2.45, 2.75) is 19.3 Å². The normalized spacial score (nSPS) is 19.2. The summed E-state index contributed by atoms with van der Waals surface area (Å²) in [6.07, 6.45) is 5.55. The van der Waals surface area contributed by atoms with Gasteiger partial charge in [0.25, 0.3) is 0 Å². The Morgan fingerprint density at radius 1 is 1.50 bits per heavy atom. The Morgan fingerprint density at radius 2 is 2.42 bits per heavy atom. The van der Waals surface area contributed by atoms with Crippen molar-refractivity contribution in [1.29, 1.82) is 0 Å². The summed E-state index contributed by atoms with van der Waals surface area (Å²) in [5, 5.41) is 2.17. The number of ether oxygens (including phenoxy) is 1. The predicted molar refractivity (Wildman–Crippen MR) is 52.2 cm³/mol. The summed E-state index contributed by atoms with van der Waals surface area (Å²) in [4.78, 5) is 1.52. The first kappa shape index (κ1) is 7.87. The number of fused-ring (bicyclic) bond motifs is 1. The maximum Gasteiger partial charge on any atom is 0.0862 e. The molecule has 0 unspecified atom stereocenters. The van der Waals surface area contributed by atoms with E-state index in [9.17, 15) is 0 Å². The third kappa shape index (κ3) is 1.27. The Kier molecular flexibility index (Phi) is 2.17. The van der Waals surface area contributed by atoms with E-state index in [1.54, 1.807) is 7.11 Å². The SMILES string of the molecule is COC=C1CCCc2sccc21. The van der Waals surface area contributed by atoms with Crippen molar-refractivity contribution in [1.82, 2.24) is 0 Å². The molecule has 0 saturated carbocycles. The molecule has 0 N–H and O–H groups in total. The van der Waals surface area contributed by atoms with Gasteiger partial charge in [0.1, 0.15) is 0 Å². The highest BCUT2D eigenvalue weighted by atomic mass is 32.1. The lowest BCUT2D eigenvalue weighted by molar-refractivity contribution is 0.338. The second-order valence-electron chi connectivity index (χ2n) is 2.99. The van der Waals surface area contributed by atoms with E-state index in [4.69, 9.17) is 4.74 Å². The third-order valence-corrected chi connectivity index (χ3v) is 3.18. The zero-order chi connectivity index (χ0) is 8.39. The lowest BCUT2D eigenvalue weighted by Gasteiger charge is -2.13. The van der Waals surface area contributed by atoms with Crippen molar-refractivity contribution in [3.05, 3.63) is 28.1 Å². The Morgan fingerprint density at radius 3 is 3.25 bits per heavy atom. The lowest BCUT2D eigenvalue weighted by atomic mass is 9.95. The van der Waals surface area contributed by atoms with Crippen LogP contribution in [0.25, 0.3) is 5.57 Å². The minimum absolute atomic E-state index is 1.16. The van der Waals surface area contributed by atoms with Crippen LogP contribution in [0, 0.1) is 0 Å². The van der Waals surface area contributed by atoms with Gasteiger partial charge in [-0.25, -0.2) is 0 Å². The standard InChI is InChI=1S/C10H12OS/c1-11-7-8-3-2-4-10-9(8)5-6-12-10/h5-7H,2-4H2,1H3. The quantitative estimate of drug-likeness (QED) is 0.603. The van der Waals surface area contributed by atoms with Crippen LogP contribution in [0.1, 0.15) is 23.3 Å². The Balaban J connectivity index is 2.38. The van der Waals surface area contributed by atoms with Crippen LogP contribution in [0.15, 0.2) is 17.7 Å². The van der Waals surface area contributed by atoms with Crippen LogP contribution in [0.3, 0.4) is 0 Å². The molecule has 1 aliphatic carbocycles. The van der Waals surface area contributed by atoms with Gasteiger partial charge in [0, 0.05) is 4.88 Å².